The Labute approximate surface area is 202 Å². The number of aromatic nitrogens is 2. The van der Waals surface area contributed by atoms with Crippen LogP contribution in [-0.4, -0.2) is 45.3 Å². The van der Waals surface area contributed by atoms with Gasteiger partial charge in [0.1, 0.15) is 5.75 Å². The smallest absolute Gasteiger partial charge is 0.229 e. The monoisotopic (exact) mass is 469 g/mol. The summed E-state index contributed by atoms with van der Waals surface area (Å²) in [6, 6.07) is 9.63. The summed E-state index contributed by atoms with van der Waals surface area (Å²) >= 11 is 5.59. The molecule has 0 unspecified atom stereocenters. The molecule has 1 aliphatic heterocycles. The van der Waals surface area contributed by atoms with Crippen molar-refractivity contribution >= 4 is 34.9 Å². The van der Waals surface area contributed by atoms with Crippen LogP contribution in [0.5, 0.6) is 5.75 Å². The molecule has 0 spiro atoms. The number of guanidine groups is 1. The molecule has 4 N–H and O–H groups in total. The molecule has 0 bridgehead atoms. The molecule has 3 rings (SSSR count). The number of methoxy groups -OCH3 is 1. The third-order valence-corrected chi connectivity index (χ3v) is 5.48. The maximum Gasteiger partial charge on any atom is 0.229 e. The minimum Gasteiger partial charge on any atom is -0.495 e. The fourth-order valence-corrected chi connectivity index (χ4v) is 4.74. The first-order valence-corrected chi connectivity index (χ1v) is 11.5. The van der Waals surface area contributed by atoms with Gasteiger partial charge in [-0.3, -0.25) is 5.32 Å². The first-order valence-electron chi connectivity index (χ1n) is 11.1. The summed E-state index contributed by atoms with van der Waals surface area (Å²) in [5.41, 5.74) is 2.45. The second-order valence-corrected chi connectivity index (χ2v) is 10.2. The molecule has 1 aliphatic rings. The molecular weight excluding hydrogens is 434 g/mol. The number of benzene rings is 1. The van der Waals surface area contributed by atoms with E-state index in [2.05, 4.69) is 58.9 Å². The summed E-state index contributed by atoms with van der Waals surface area (Å²) < 4.78 is 5.42. The van der Waals surface area contributed by atoms with Crippen molar-refractivity contribution in [3.05, 3.63) is 41.7 Å². The van der Waals surface area contributed by atoms with Crippen LogP contribution in [0.2, 0.25) is 0 Å². The van der Waals surface area contributed by atoms with E-state index in [1.54, 1.807) is 7.11 Å². The predicted octanol–water partition coefficient (Wildman–Crippen LogP) is 4.17. The quantitative estimate of drug-likeness (QED) is 0.301. The van der Waals surface area contributed by atoms with E-state index >= 15 is 0 Å². The van der Waals surface area contributed by atoms with Crippen LogP contribution >= 0.6 is 12.2 Å². The molecule has 2 aromatic rings. The molecule has 0 saturated carbocycles. The minimum atomic E-state index is -0.0341. The molecule has 2 heterocycles. The van der Waals surface area contributed by atoms with E-state index < -0.39 is 0 Å². The van der Waals surface area contributed by atoms with Crippen molar-refractivity contribution in [1.29, 1.82) is 0 Å². The summed E-state index contributed by atoms with van der Waals surface area (Å²) in [5.74, 6) is 1.68. The molecule has 1 aromatic carbocycles. The number of piperidine rings is 1. The SMILES string of the molecule is COc1ccccc1NC(=S)NC(=NC1CC(C)(C)NC(C)(C)C1)Nc1nc(C)cc(C)n1. The Morgan fingerprint density at radius 1 is 1.06 bits per heavy atom. The van der Waals surface area contributed by atoms with E-state index in [0.29, 0.717) is 22.8 Å². The van der Waals surface area contributed by atoms with Crippen molar-refractivity contribution in [2.75, 3.05) is 17.7 Å². The Morgan fingerprint density at radius 3 is 2.27 bits per heavy atom. The Bertz CT molecular complexity index is 999. The second kappa shape index (κ2) is 10.0. The highest BCUT2D eigenvalue weighted by molar-refractivity contribution is 7.80. The van der Waals surface area contributed by atoms with Gasteiger partial charge in [-0.15, -0.1) is 0 Å². The van der Waals surface area contributed by atoms with Gasteiger partial charge in [0.15, 0.2) is 5.11 Å². The maximum atomic E-state index is 5.59. The molecule has 0 aliphatic carbocycles. The van der Waals surface area contributed by atoms with Crippen molar-refractivity contribution in [2.24, 2.45) is 4.99 Å². The van der Waals surface area contributed by atoms with Crippen LogP contribution in [0.4, 0.5) is 11.6 Å². The van der Waals surface area contributed by atoms with Gasteiger partial charge in [-0.2, -0.15) is 0 Å². The first kappa shape index (κ1) is 24.9. The van der Waals surface area contributed by atoms with Crippen LogP contribution in [0.1, 0.15) is 51.9 Å². The van der Waals surface area contributed by atoms with E-state index in [9.17, 15) is 0 Å². The Balaban J connectivity index is 1.86. The van der Waals surface area contributed by atoms with Crippen molar-refractivity contribution < 1.29 is 4.74 Å². The molecular formula is C24H35N7OS. The fraction of sp³-hybridized carbons (Fsp3) is 0.500. The number of ether oxygens (including phenoxy) is 1. The van der Waals surface area contributed by atoms with Crippen LogP contribution in [0.15, 0.2) is 35.3 Å². The summed E-state index contributed by atoms with van der Waals surface area (Å²) in [7, 11) is 1.63. The van der Waals surface area contributed by atoms with Crippen LogP contribution < -0.4 is 26.0 Å². The van der Waals surface area contributed by atoms with Gasteiger partial charge >= 0.3 is 0 Å². The third-order valence-electron chi connectivity index (χ3n) is 5.28. The first-order chi connectivity index (χ1) is 15.4. The number of aliphatic imine (C=N–C) groups is 1. The Kier molecular flexibility index (Phi) is 7.54. The number of para-hydroxylation sites is 2. The zero-order chi connectivity index (χ0) is 24.2. The third kappa shape index (κ3) is 7.36. The maximum absolute atomic E-state index is 5.59. The molecule has 0 atom stereocenters. The highest BCUT2D eigenvalue weighted by Crippen LogP contribution is 2.30. The van der Waals surface area contributed by atoms with Crippen molar-refractivity contribution in [3.63, 3.8) is 0 Å². The van der Waals surface area contributed by atoms with Crippen molar-refractivity contribution in [1.82, 2.24) is 20.6 Å². The lowest BCUT2D eigenvalue weighted by Gasteiger charge is -2.45. The van der Waals surface area contributed by atoms with Crippen LogP contribution in [0.25, 0.3) is 0 Å². The minimum absolute atomic E-state index is 0.0341. The normalized spacial score (nSPS) is 17.8. The lowest BCUT2D eigenvalue weighted by molar-refractivity contribution is 0.164. The summed E-state index contributed by atoms with van der Waals surface area (Å²) in [5, 5.41) is 13.7. The van der Waals surface area contributed by atoms with E-state index in [4.69, 9.17) is 21.9 Å². The highest BCUT2D eigenvalue weighted by atomic mass is 32.1. The number of rotatable bonds is 4. The van der Waals surface area contributed by atoms with Gasteiger partial charge in [0, 0.05) is 22.5 Å². The molecule has 0 amide bonds. The summed E-state index contributed by atoms with van der Waals surface area (Å²) in [4.78, 5) is 14.0. The number of hydrogen-bond acceptors (Lipinski definition) is 6. The lowest BCUT2D eigenvalue weighted by Crippen LogP contribution is -2.59. The predicted molar refractivity (Wildman–Crippen MR) is 139 cm³/mol. The summed E-state index contributed by atoms with van der Waals surface area (Å²) in [6.07, 6.45) is 1.79. The van der Waals surface area contributed by atoms with Crippen LogP contribution in [0, 0.1) is 13.8 Å². The van der Waals surface area contributed by atoms with Gasteiger partial charge in [-0.25, -0.2) is 15.0 Å². The van der Waals surface area contributed by atoms with Crippen molar-refractivity contribution in [3.8, 4) is 5.75 Å². The number of thiocarbonyl (C=S) groups is 1. The van der Waals surface area contributed by atoms with Gasteiger partial charge < -0.3 is 20.7 Å². The number of nitrogens with one attached hydrogen (secondary N) is 4. The highest BCUT2D eigenvalue weighted by Gasteiger charge is 2.37. The molecule has 178 valence electrons. The van der Waals surface area contributed by atoms with Gasteiger partial charge in [-0.05, 0) is 84.8 Å². The van der Waals surface area contributed by atoms with Gasteiger partial charge in [-0.1, -0.05) is 12.1 Å². The largest absolute Gasteiger partial charge is 0.495 e. The Morgan fingerprint density at radius 2 is 1.67 bits per heavy atom. The van der Waals surface area contributed by atoms with E-state index in [1.165, 1.54) is 0 Å². The standard InChI is InChI=1S/C24H35N7OS/c1-15-12-16(2)26-20(25-15)29-21(27-17-13-23(3,4)31-24(5,6)14-17)30-22(33)28-18-10-8-9-11-19(18)32-7/h8-12,17,31H,13-14H2,1-7H3,(H3,25,26,27,28,29,30,33). The molecule has 9 heteroatoms. The molecule has 0 radical (unpaired) electrons. The number of hydrogen-bond donors (Lipinski definition) is 4. The Hall–Kier alpha value is -2.78. The van der Waals surface area contributed by atoms with E-state index in [1.807, 2.05) is 44.2 Å². The van der Waals surface area contributed by atoms with E-state index in [-0.39, 0.29) is 17.1 Å². The molecule has 1 saturated heterocycles. The zero-order valence-electron chi connectivity index (χ0n) is 20.5. The van der Waals surface area contributed by atoms with E-state index in [0.717, 1.165) is 29.9 Å². The lowest BCUT2D eigenvalue weighted by atomic mass is 9.80. The number of nitrogens with zero attached hydrogens (tertiary/aromatic N) is 3. The zero-order valence-corrected chi connectivity index (χ0v) is 21.4. The van der Waals surface area contributed by atoms with Gasteiger partial charge in [0.05, 0.1) is 18.8 Å². The molecule has 1 fully saturated rings. The van der Waals surface area contributed by atoms with Crippen LogP contribution in [0.3, 0.4) is 0 Å². The number of aryl methyl sites for hydroxylation is 2. The van der Waals surface area contributed by atoms with Crippen LogP contribution in [-0.2, 0) is 0 Å². The van der Waals surface area contributed by atoms with Gasteiger partial charge in [0.25, 0.3) is 0 Å². The summed E-state index contributed by atoms with van der Waals surface area (Å²) in [6.45, 7) is 12.7. The average molecular weight is 470 g/mol. The topological polar surface area (TPSA) is 95.5 Å². The molecule has 8 nitrogen and oxygen atoms in total. The molecule has 33 heavy (non-hydrogen) atoms. The average Bonchev–Trinajstić information content (AvgIpc) is 2.64. The molecule has 1 aromatic heterocycles. The number of anilines is 2. The van der Waals surface area contributed by atoms with Crippen molar-refractivity contribution in [2.45, 2.75) is 71.5 Å². The second-order valence-electron chi connectivity index (χ2n) is 9.81. The van der Waals surface area contributed by atoms with Gasteiger partial charge in [0.2, 0.25) is 11.9 Å². The fourth-order valence-electron chi connectivity index (χ4n) is 4.53.